The molecule has 1 atom stereocenters. The topological polar surface area (TPSA) is 0 Å². The monoisotopic (exact) mass is 197 g/mol. The molecule has 1 radical (unpaired) electrons. The van der Waals surface area contributed by atoms with Crippen molar-refractivity contribution in [3.05, 3.63) is 6.42 Å². The molecule has 0 spiro atoms. The Hall–Kier alpha value is 0. The van der Waals surface area contributed by atoms with E-state index >= 15 is 0 Å². The molecule has 0 aliphatic rings. The first kappa shape index (κ1) is 14.0. The molecule has 0 saturated heterocycles. The molecule has 0 heteroatoms. The Balaban J connectivity index is 3.06. The first-order valence-electron chi connectivity index (χ1n) is 6.62. The van der Waals surface area contributed by atoms with E-state index in [1.807, 2.05) is 0 Å². The van der Waals surface area contributed by atoms with E-state index in [-0.39, 0.29) is 0 Å². The van der Waals surface area contributed by atoms with Crippen molar-refractivity contribution in [1.82, 2.24) is 0 Å². The fraction of sp³-hybridized carbons (Fsp3) is 0.929. The van der Waals surface area contributed by atoms with Crippen molar-refractivity contribution in [2.45, 2.75) is 78.6 Å². The van der Waals surface area contributed by atoms with Gasteiger partial charge in [-0.15, -0.1) is 0 Å². The van der Waals surface area contributed by atoms with Crippen LogP contribution in [0.25, 0.3) is 0 Å². The Kier molecular flexibility index (Phi) is 11.1. The van der Waals surface area contributed by atoms with Crippen LogP contribution in [0.4, 0.5) is 0 Å². The van der Waals surface area contributed by atoms with Crippen LogP contribution in [0.1, 0.15) is 78.6 Å². The zero-order chi connectivity index (χ0) is 10.6. The molecule has 0 aromatic heterocycles. The number of rotatable bonds is 10. The van der Waals surface area contributed by atoms with Gasteiger partial charge in [-0.25, -0.2) is 0 Å². The van der Waals surface area contributed by atoms with Crippen LogP contribution in [0, 0.1) is 12.3 Å². The van der Waals surface area contributed by atoms with Gasteiger partial charge in [0.05, 0.1) is 0 Å². The lowest BCUT2D eigenvalue weighted by Gasteiger charge is -2.10. The first-order chi connectivity index (χ1) is 6.81. The Morgan fingerprint density at radius 3 is 2.14 bits per heavy atom. The third-order valence-electron chi connectivity index (χ3n) is 2.94. The predicted octanol–water partition coefficient (Wildman–Crippen LogP) is 5.38. The fourth-order valence-corrected chi connectivity index (χ4v) is 1.87. The van der Waals surface area contributed by atoms with E-state index in [4.69, 9.17) is 0 Å². The van der Waals surface area contributed by atoms with Gasteiger partial charge in [0, 0.05) is 0 Å². The van der Waals surface area contributed by atoms with Crippen molar-refractivity contribution in [2.24, 2.45) is 5.92 Å². The summed E-state index contributed by atoms with van der Waals surface area (Å²) in [6.45, 7) is 6.93. The molecule has 0 aromatic rings. The number of hydrogen-bond acceptors (Lipinski definition) is 0. The van der Waals surface area contributed by atoms with Crippen LogP contribution in [-0.4, -0.2) is 0 Å². The quantitative estimate of drug-likeness (QED) is 0.413. The second kappa shape index (κ2) is 11.1. The van der Waals surface area contributed by atoms with Gasteiger partial charge in [-0.3, -0.25) is 0 Å². The molecule has 0 fully saturated rings. The summed E-state index contributed by atoms with van der Waals surface area (Å²) in [5.41, 5.74) is 0. The molecule has 0 aromatic carbocycles. The van der Waals surface area contributed by atoms with Crippen molar-refractivity contribution in [3.8, 4) is 0 Å². The van der Waals surface area contributed by atoms with Crippen molar-refractivity contribution in [1.29, 1.82) is 0 Å². The molecule has 0 aliphatic carbocycles. The van der Waals surface area contributed by atoms with Crippen LogP contribution in [0.2, 0.25) is 0 Å². The maximum Gasteiger partial charge on any atom is -0.0389 e. The van der Waals surface area contributed by atoms with E-state index in [1.54, 1.807) is 0 Å². The molecule has 0 heterocycles. The molecule has 14 heavy (non-hydrogen) atoms. The van der Waals surface area contributed by atoms with E-state index in [0.29, 0.717) is 0 Å². The van der Waals surface area contributed by atoms with E-state index in [0.717, 1.165) is 5.92 Å². The van der Waals surface area contributed by atoms with Gasteiger partial charge in [-0.1, -0.05) is 78.6 Å². The van der Waals surface area contributed by atoms with Gasteiger partial charge < -0.3 is 0 Å². The summed E-state index contributed by atoms with van der Waals surface area (Å²) in [6.07, 6.45) is 14.9. The molecule has 0 rings (SSSR count). The van der Waals surface area contributed by atoms with Crippen molar-refractivity contribution >= 4 is 0 Å². The lowest BCUT2D eigenvalue weighted by Crippen LogP contribution is -1.94. The largest absolute Gasteiger partial charge is 0.0654 e. The second-order valence-corrected chi connectivity index (χ2v) is 4.58. The van der Waals surface area contributed by atoms with Gasteiger partial charge in [0.25, 0.3) is 0 Å². The van der Waals surface area contributed by atoms with E-state index in [1.165, 1.54) is 57.8 Å². The molecule has 0 N–H and O–H groups in total. The molecule has 0 aliphatic heterocycles. The summed E-state index contributed by atoms with van der Waals surface area (Å²) in [5.74, 6) is 0.961. The molecular formula is C14H29. The standard InChI is InChI=1S/C14H29/c1-4-6-8-9-11-13-14(3)12-10-7-5-2/h6,14H,4-5,7-13H2,1-3H3. The van der Waals surface area contributed by atoms with E-state index < -0.39 is 0 Å². The molecule has 0 nitrogen and oxygen atoms in total. The average Bonchev–Trinajstić information content (AvgIpc) is 2.18. The fourth-order valence-electron chi connectivity index (χ4n) is 1.87. The van der Waals surface area contributed by atoms with Crippen LogP contribution in [0.15, 0.2) is 0 Å². The summed E-state index contributed by atoms with van der Waals surface area (Å²) in [7, 11) is 0. The van der Waals surface area contributed by atoms with Gasteiger partial charge in [-0.2, -0.15) is 0 Å². The molecule has 85 valence electrons. The lowest BCUT2D eigenvalue weighted by molar-refractivity contribution is 0.443. The number of hydrogen-bond donors (Lipinski definition) is 0. The Labute approximate surface area is 91.5 Å². The highest BCUT2D eigenvalue weighted by Gasteiger charge is 2.00. The minimum absolute atomic E-state index is 0.961. The summed E-state index contributed by atoms with van der Waals surface area (Å²) in [6, 6.07) is 0. The molecule has 0 saturated carbocycles. The van der Waals surface area contributed by atoms with Gasteiger partial charge >= 0.3 is 0 Å². The summed E-state index contributed by atoms with van der Waals surface area (Å²) in [5, 5.41) is 0. The summed E-state index contributed by atoms with van der Waals surface area (Å²) >= 11 is 0. The highest BCUT2D eigenvalue weighted by Crippen LogP contribution is 2.16. The molecule has 0 bridgehead atoms. The summed E-state index contributed by atoms with van der Waals surface area (Å²) in [4.78, 5) is 0. The third-order valence-corrected chi connectivity index (χ3v) is 2.94. The van der Waals surface area contributed by atoms with Crippen LogP contribution in [0.5, 0.6) is 0 Å². The minimum Gasteiger partial charge on any atom is -0.0654 e. The first-order valence-corrected chi connectivity index (χ1v) is 6.62. The van der Waals surface area contributed by atoms with Crippen LogP contribution >= 0.6 is 0 Å². The van der Waals surface area contributed by atoms with Crippen molar-refractivity contribution in [3.63, 3.8) is 0 Å². The van der Waals surface area contributed by atoms with E-state index in [9.17, 15) is 0 Å². The Morgan fingerprint density at radius 2 is 1.57 bits per heavy atom. The number of unbranched alkanes of at least 4 members (excludes halogenated alkanes) is 6. The van der Waals surface area contributed by atoms with Crippen LogP contribution in [-0.2, 0) is 0 Å². The van der Waals surface area contributed by atoms with Crippen LogP contribution < -0.4 is 0 Å². The molecule has 1 unspecified atom stereocenters. The van der Waals surface area contributed by atoms with Crippen molar-refractivity contribution in [2.75, 3.05) is 0 Å². The summed E-state index contributed by atoms with van der Waals surface area (Å²) < 4.78 is 0. The normalized spacial score (nSPS) is 13.1. The molecule has 0 amide bonds. The lowest BCUT2D eigenvalue weighted by atomic mass is 9.96. The van der Waals surface area contributed by atoms with Crippen LogP contribution in [0.3, 0.4) is 0 Å². The SMILES string of the molecule is CC[CH]CCCCC(C)CCCCC. The third kappa shape index (κ3) is 10.1. The smallest absolute Gasteiger partial charge is 0.0389 e. The Morgan fingerprint density at radius 1 is 0.929 bits per heavy atom. The highest BCUT2D eigenvalue weighted by atomic mass is 14.1. The van der Waals surface area contributed by atoms with Gasteiger partial charge in [0.1, 0.15) is 0 Å². The minimum atomic E-state index is 0.961. The van der Waals surface area contributed by atoms with Gasteiger partial charge in [-0.05, 0) is 12.3 Å². The zero-order valence-electron chi connectivity index (χ0n) is 10.5. The van der Waals surface area contributed by atoms with Crippen molar-refractivity contribution < 1.29 is 0 Å². The van der Waals surface area contributed by atoms with E-state index in [2.05, 4.69) is 27.2 Å². The highest BCUT2D eigenvalue weighted by molar-refractivity contribution is 4.62. The average molecular weight is 197 g/mol. The second-order valence-electron chi connectivity index (χ2n) is 4.58. The Bertz CT molecular complexity index is 96.2. The van der Waals surface area contributed by atoms with Gasteiger partial charge in [0.2, 0.25) is 0 Å². The molecular weight excluding hydrogens is 168 g/mol. The maximum absolute atomic E-state index is 2.42. The predicted molar refractivity (Wildman–Crippen MR) is 66.4 cm³/mol. The zero-order valence-corrected chi connectivity index (χ0v) is 10.5. The maximum atomic E-state index is 2.42. The van der Waals surface area contributed by atoms with Gasteiger partial charge in [0.15, 0.2) is 0 Å².